The van der Waals surface area contributed by atoms with E-state index < -0.39 is 0 Å². The maximum Gasteiger partial charge on any atom is 0.0438 e. The summed E-state index contributed by atoms with van der Waals surface area (Å²) in [6.45, 7) is 3.23. The summed E-state index contributed by atoms with van der Waals surface area (Å²) in [6.07, 6.45) is 5.22. The zero-order chi connectivity index (χ0) is 11.4. The van der Waals surface area contributed by atoms with Gasteiger partial charge in [0, 0.05) is 11.1 Å². The molecule has 0 aliphatic heterocycles. The molecule has 1 N–H and O–H groups in total. The van der Waals surface area contributed by atoms with Gasteiger partial charge in [-0.1, -0.05) is 43.1 Å². The van der Waals surface area contributed by atoms with Crippen LogP contribution in [-0.2, 0) is 6.42 Å². The van der Waals surface area contributed by atoms with Crippen molar-refractivity contribution in [3.63, 3.8) is 0 Å². The molecule has 1 unspecified atom stereocenters. The molecule has 1 saturated carbocycles. The molecule has 1 fully saturated rings. The number of benzene rings is 1. The Kier molecular flexibility index (Phi) is 4.25. The van der Waals surface area contributed by atoms with E-state index in [1.54, 1.807) is 0 Å². The summed E-state index contributed by atoms with van der Waals surface area (Å²) in [5, 5.41) is 4.51. The predicted octanol–water partition coefficient (Wildman–Crippen LogP) is 3.66. The quantitative estimate of drug-likeness (QED) is 0.824. The monoisotopic (exact) mass is 237 g/mol. The Morgan fingerprint density at radius 2 is 2.12 bits per heavy atom. The molecule has 2 heteroatoms. The highest BCUT2D eigenvalue weighted by atomic mass is 35.5. The molecular formula is C14H20ClN. The van der Waals surface area contributed by atoms with E-state index in [2.05, 4.69) is 24.4 Å². The Labute approximate surface area is 103 Å². The summed E-state index contributed by atoms with van der Waals surface area (Å²) in [4.78, 5) is 0. The Bertz CT molecular complexity index is 333. The van der Waals surface area contributed by atoms with Crippen molar-refractivity contribution in [2.75, 3.05) is 6.54 Å². The van der Waals surface area contributed by atoms with Crippen molar-refractivity contribution in [1.82, 2.24) is 5.32 Å². The summed E-state index contributed by atoms with van der Waals surface area (Å²) in [5.41, 5.74) is 1.28. The predicted molar refractivity (Wildman–Crippen MR) is 70.0 cm³/mol. The maximum atomic E-state index is 6.21. The van der Waals surface area contributed by atoms with Gasteiger partial charge in [-0.2, -0.15) is 0 Å². The lowest BCUT2D eigenvalue weighted by atomic mass is 9.77. The van der Waals surface area contributed by atoms with Gasteiger partial charge in [0.25, 0.3) is 0 Å². The second-order valence-corrected chi connectivity index (χ2v) is 5.06. The second kappa shape index (κ2) is 5.70. The summed E-state index contributed by atoms with van der Waals surface area (Å²) >= 11 is 6.21. The van der Waals surface area contributed by atoms with Crippen molar-refractivity contribution >= 4 is 11.6 Å². The number of hydrogen-bond donors (Lipinski definition) is 1. The van der Waals surface area contributed by atoms with Gasteiger partial charge in [-0.05, 0) is 43.4 Å². The van der Waals surface area contributed by atoms with Gasteiger partial charge in [-0.3, -0.25) is 0 Å². The molecule has 88 valence electrons. The Hall–Kier alpha value is -0.530. The van der Waals surface area contributed by atoms with Crippen molar-refractivity contribution in [1.29, 1.82) is 0 Å². The van der Waals surface area contributed by atoms with Crippen molar-refractivity contribution in [2.45, 2.75) is 38.6 Å². The van der Waals surface area contributed by atoms with Crippen molar-refractivity contribution in [2.24, 2.45) is 5.92 Å². The summed E-state index contributed by atoms with van der Waals surface area (Å²) in [7, 11) is 0. The first-order valence-electron chi connectivity index (χ1n) is 6.28. The second-order valence-electron chi connectivity index (χ2n) is 4.65. The van der Waals surface area contributed by atoms with Gasteiger partial charge in [0.15, 0.2) is 0 Å². The number of rotatable bonds is 5. The van der Waals surface area contributed by atoms with Crippen LogP contribution in [0.4, 0.5) is 0 Å². The van der Waals surface area contributed by atoms with Crippen molar-refractivity contribution in [3.05, 3.63) is 34.9 Å². The fourth-order valence-electron chi connectivity index (χ4n) is 2.41. The van der Waals surface area contributed by atoms with Crippen LogP contribution in [0.15, 0.2) is 24.3 Å². The highest BCUT2D eigenvalue weighted by Gasteiger charge is 2.26. The maximum absolute atomic E-state index is 6.21. The number of halogens is 1. The summed E-state index contributed by atoms with van der Waals surface area (Å²) < 4.78 is 0. The molecule has 1 aromatic carbocycles. The van der Waals surface area contributed by atoms with Gasteiger partial charge in [0.1, 0.15) is 0 Å². The van der Waals surface area contributed by atoms with Crippen molar-refractivity contribution < 1.29 is 0 Å². The Morgan fingerprint density at radius 3 is 2.69 bits per heavy atom. The van der Waals surface area contributed by atoms with E-state index in [-0.39, 0.29) is 0 Å². The van der Waals surface area contributed by atoms with Crippen LogP contribution < -0.4 is 5.32 Å². The number of nitrogens with one attached hydrogen (secondary N) is 1. The average molecular weight is 238 g/mol. The van der Waals surface area contributed by atoms with Gasteiger partial charge in [-0.25, -0.2) is 0 Å². The van der Waals surface area contributed by atoms with Crippen LogP contribution in [0, 0.1) is 5.92 Å². The zero-order valence-corrected chi connectivity index (χ0v) is 10.6. The first kappa shape index (κ1) is 11.9. The van der Waals surface area contributed by atoms with Gasteiger partial charge >= 0.3 is 0 Å². The molecule has 0 aromatic heterocycles. The highest BCUT2D eigenvalue weighted by Crippen LogP contribution is 2.32. The molecule has 1 aliphatic rings. The van der Waals surface area contributed by atoms with E-state index in [1.165, 1.54) is 24.8 Å². The molecule has 1 aliphatic carbocycles. The molecule has 0 heterocycles. The van der Waals surface area contributed by atoms with E-state index in [4.69, 9.17) is 11.6 Å². The molecule has 1 nitrogen and oxygen atoms in total. The lowest BCUT2D eigenvalue weighted by Crippen LogP contribution is -2.41. The Balaban J connectivity index is 2.01. The zero-order valence-electron chi connectivity index (χ0n) is 9.88. The number of likely N-dealkylation sites (N-methyl/N-ethyl adjacent to an activating group) is 1. The molecule has 16 heavy (non-hydrogen) atoms. The lowest BCUT2D eigenvalue weighted by molar-refractivity contribution is 0.229. The third-order valence-electron chi connectivity index (χ3n) is 3.58. The SMILES string of the molecule is CCNC(Cc1ccccc1Cl)C1CCC1. The molecule has 1 aromatic rings. The average Bonchev–Trinajstić information content (AvgIpc) is 2.19. The van der Waals surface area contributed by atoms with Crippen LogP contribution in [0.1, 0.15) is 31.7 Å². The van der Waals surface area contributed by atoms with E-state index >= 15 is 0 Å². The van der Waals surface area contributed by atoms with Crippen LogP contribution >= 0.6 is 11.6 Å². The molecule has 2 rings (SSSR count). The molecule has 0 amide bonds. The molecule has 0 radical (unpaired) electrons. The van der Waals surface area contributed by atoms with E-state index in [0.717, 1.165) is 23.9 Å². The van der Waals surface area contributed by atoms with E-state index in [0.29, 0.717) is 6.04 Å². The molecule has 1 atom stereocenters. The van der Waals surface area contributed by atoms with Crippen molar-refractivity contribution in [3.8, 4) is 0 Å². The van der Waals surface area contributed by atoms with Crippen LogP contribution in [0.3, 0.4) is 0 Å². The topological polar surface area (TPSA) is 12.0 Å². The fraction of sp³-hybridized carbons (Fsp3) is 0.571. The van der Waals surface area contributed by atoms with Gasteiger partial charge < -0.3 is 5.32 Å². The third-order valence-corrected chi connectivity index (χ3v) is 3.95. The van der Waals surface area contributed by atoms with E-state index in [1.807, 2.05) is 12.1 Å². The first-order chi connectivity index (χ1) is 7.81. The van der Waals surface area contributed by atoms with Gasteiger partial charge in [0.2, 0.25) is 0 Å². The molecule has 0 spiro atoms. The smallest absolute Gasteiger partial charge is 0.0438 e. The fourth-order valence-corrected chi connectivity index (χ4v) is 2.62. The minimum Gasteiger partial charge on any atom is -0.314 e. The normalized spacial score (nSPS) is 18.1. The summed E-state index contributed by atoms with van der Waals surface area (Å²) in [5.74, 6) is 0.858. The van der Waals surface area contributed by atoms with Crippen LogP contribution in [0.2, 0.25) is 5.02 Å². The van der Waals surface area contributed by atoms with E-state index in [9.17, 15) is 0 Å². The van der Waals surface area contributed by atoms with Gasteiger partial charge in [-0.15, -0.1) is 0 Å². The largest absolute Gasteiger partial charge is 0.314 e. The molecule has 0 saturated heterocycles. The summed E-state index contributed by atoms with van der Waals surface area (Å²) in [6, 6.07) is 8.81. The molecule has 0 bridgehead atoms. The lowest BCUT2D eigenvalue weighted by Gasteiger charge is -2.34. The Morgan fingerprint density at radius 1 is 1.38 bits per heavy atom. The minimum absolute atomic E-state index is 0.610. The minimum atomic E-state index is 0.610. The van der Waals surface area contributed by atoms with Crippen LogP contribution in [-0.4, -0.2) is 12.6 Å². The molecular weight excluding hydrogens is 218 g/mol. The highest BCUT2D eigenvalue weighted by molar-refractivity contribution is 6.31. The van der Waals surface area contributed by atoms with Crippen LogP contribution in [0.5, 0.6) is 0 Å². The third kappa shape index (κ3) is 2.78. The standard InChI is InChI=1S/C14H20ClN/c1-2-16-14(11-7-5-8-11)10-12-6-3-4-9-13(12)15/h3-4,6,9,11,14,16H,2,5,7-8,10H2,1H3. The van der Waals surface area contributed by atoms with Gasteiger partial charge in [0.05, 0.1) is 0 Å². The number of hydrogen-bond acceptors (Lipinski definition) is 1. The first-order valence-corrected chi connectivity index (χ1v) is 6.66. The van der Waals surface area contributed by atoms with Crippen LogP contribution in [0.25, 0.3) is 0 Å².